The number of likely N-dealkylation sites (N-methyl/N-ethyl adjacent to an activating group) is 1. The maximum Gasteiger partial charge on any atom is 0.213 e. The topological polar surface area (TPSA) is 60.2 Å². The van der Waals surface area contributed by atoms with Crippen molar-refractivity contribution in [1.82, 2.24) is 19.9 Å². The Morgan fingerprint density at radius 2 is 2.31 bits per heavy atom. The van der Waals surface area contributed by atoms with E-state index in [4.69, 9.17) is 4.74 Å². The average Bonchev–Trinajstić information content (AvgIpc) is 2.58. The summed E-state index contributed by atoms with van der Waals surface area (Å²) in [6.45, 7) is 2.04. The molecule has 88 valence electrons. The van der Waals surface area contributed by atoms with Crippen molar-refractivity contribution in [1.29, 1.82) is 0 Å². The molecule has 2 rings (SSSR count). The van der Waals surface area contributed by atoms with E-state index in [0.29, 0.717) is 23.4 Å². The summed E-state index contributed by atoms with van der Waals surface area (Å²) in [6, 6.07) is 0. The highest BCUT2D eigenvalue weighted by molar-refractivity contribution is 9.10. The normalized spacial score (nSPS) is 22.3. The van der Waals surface area contributed by atoms with E-state index >= 15 is 0 Å². The molecular weight excluding hydrogens is 276 g/mol. The second-order valence-electron chi connectivity index (χ2n) is 3.84. The van der Waals surface area contributed by atoms with Gasteiger partial charge in [-0.15, -0.1) is 5.10 Å². The lowest BCUT2D eigenvalue weighted by Crippen LogP contribution is -2.44. The van der Waals surface area contributed by atoms with E-state index < -0.39 is 6.10 Å². The molecule has 1 aliphatic heterocycles. The van der Waals surface area contributed by atoms with Crippen molar-refractivity contribution in [2.75, 3.05) is 26.7 Å². The summed E-state index contributed by atoms with van der Waals surface area (Å²) in [7, 11) is 3.66. The fraction of sp³-hybridized carbons (Fsp3) is 0.667. The Hall–Kier alpha value is -0.790. The Kier molecular flexibility index (Phi) is 3.36. The molecule has 2 heterocycles. The van der Waals surface area contributed by atoms with Crippen LogP contribution in [0.2, 0.25) is 0 Å². The highest BCUT2D eigenvalue weighted by Gasteiger charge is 2.29. The number of rotatable bonds is 2. The van der Waals surface area contributed by atoms with Crippen molar-refractivity contribution in [3.8, 4) is 0 Å². The maximum atomic E-state index is 12.2. The summed E-state index contributed by atoms with van der Waals surface area (Å²) >= 11 is 3.22. The number of ether oxygens (including phenoxy) is 1. The lowest BCUT2D eigenvalue weighted by Gasteiger charge is -2.28. The zero-order valence-electron chi connectivity index (χ0n) is 9.18. The summed E-state index contributed by atoms with van der Waals surface area (Å²) < 4.78 is 7.39. The largest absolute Gasteiger partial charge is 0.367 e. The first-order valence-electron chi connectivity index (χ1n) is 4.99. The van der Waals surface area contributed by atoms with Crippen LogP contribution in [0.25, 0.3) is 0 Å². The van der Waals surface area contributed by atoms with Crippen LogP contribution in [0.1, 0.15) is 10.5 Å². The van der Waals surface area contributed by atoms with Gasteiger partial charge in [-0.3, -0.25) is 4.79 Å². The van der Waals surface area contributed by atoms with Gasteiger partial charge in [0.15, 0.2) is 4.60 Å². The van der Waals surface area contributed by atoms with Gasteiger partial charge in [0.1, 0.15) is 11.8 Å². The van der Waals surface area contributed by atoms with Gasteiger partial charge in [0.25, 0.3) is 0 Å². The van der Waals surface area contributed by atoms with E-state index in [2.05, 4.69) is 31.1 Å². The van der Waals surface area contributed by atoms with Gasteiger partial charge in [0, 0.05) is 20.1 Å². The highest BCUT2D eigenvalue weighted by Crippen LogP contribution is 2.17. The van der Waals surface area contributed by atoms with Gasteiger partial charge in [0.05, 0.1) is 6.61 Å². The van der Waals surface area contributed by atoms with Crippen molar-refractivity contribution in [2.45, 2.75) is 6.10 Å². The molecule has 6 nitrogen and oxygen atoms in total. The quantitative estimate of drug-likeness (QED) is 0.722. The van der Waals surface area contributed by atoms with Crippen molar-refractivity contribution < 1.29 is 9.53 Å². The monoisotopic (exact) mass is 288 g/mol. The molecule has 1 aromatic rings. The number of carbonyl (C=O) groups excluding carboxylic acids is 1. The van der Waals surface area contributed by atoms with E-state index in [1.54, 1.807) is 7.05 Å². The molecule has 16 heavy (non-hydrogen) atoms. The first-order valence-corrected chi connectivity index (χ1v) is 5.78. The van der Waals surface area contributed by atoms with Crippen LogP contribution in [0, 0.1) is 0 Å². The van der Waals surface area contributed by atoms with Gasteiger partial charge in [-0.25, -0.2) is 4.68 Å². The van der Waals surface area contributed by atoms with E-state index in [1.165, 1.54) is 4.68 Å². The SMILES string of the molecule is CN1CCOC(C(=O)c2c(Br)nnn2C)C1. The molecule has 7 heteroatoms. The van der Waals surface area contributed by atoms with Gasteiger partial charge >= 0.3 is 0 Å². The standard InChI is InChI=1S/C9H13BrN4O2/c1-13-3-4-16-6(5-13)8(15)7-9(10)11-12-14(7)2/h6H,3-5H2,1-2H3. The van der Waals surface area contributed by atoms with E-state index in [9.17, 15) is 4.79 Å². The molecule has 0 aromatic carbocycles. The van der Waals surface area contributed by atoms with E-state index in [-0.39, 0.29) is 5.78 Å². The zero-order valence-corrected chi connectivity index (χ0v) is 10.8. The maximum absolute atomic E-state index is 12.2. The van der Waals surface area contributed by atoms with Gasteiger partial charge in [-0.2, -0.15) is 0 Å². The summed E-state index contributed by atoms with van der Waals surface area (Å²) in [5.74, 6) is -0.0778. The Bertz CT molecular complexity index is 387. The molecule has 1 unspecified atom stereocenters. The number of nitrogens with zero attached hydrogens (tertiary/aromatic N) is 4. The van der Waals surface area contributed by atoms with Crippen LogP contribution in [-0.2, 0) is 11.8 Å². The molecule has 0 saturated carbocycles. The molecule has 0 aliphatic carbocycles. The van der Waals surface area contributed by atoms with Gasteiger partial charge < -0.3 is 9.64 Å². The fourth-order valence-corrected chi connectivity index (χ4v) is 2.20. The zero-order chi connectivity index (χ0) is 11.7. The van der Waals surface area contributed by atoms with Crippen LogP contribution >= 0.6 is 15.9 Å². The number of halogens is 1. The van der Waals surface area contributed by atoms with Crippen LogP contribution in [0.4, 0.5) is 0 Å². The lowest BCUT2D eigenvalue weighted by molar-refractivity contribution is -0.00916. The van der Waals surface area contributed by atoms with Crippen molar-refractivity contribution in [3.05, 3.63) is 10.3 Å². The van der Waals surface area contributed by atoms with Crippen LogP contribution in [0.15, 0.2) is 4.60 Å². The number of hydrogen-bond donors (Lipinski definition) is 0. The third-order valence-electron chi connectivity index (χ3n) is 2.58. The molecule has 0 radical (unpaired) electrons. The van der Waals surface area contributed by atoms with Crippen LogP contribution < -0.4 is 0 Å². The molecular formula is C9H13BrN4O2. The second-order valence-corrected chi connectivity index (χ2v) is 4.59. The Balaban J connectivity index is 2.18. The molecule has 0 bridgehead atoms. The summed E-state index contributed by atoms with van der Waals surface area (Å²) in [6.07, 6.45) is -0.424. The van der Waals surface area contributed by atoms with Crippen LogP contribution in [-0.4, -0.2) is 58.5 Å². The molecule has 0 amide bonds. The number of Topliss-reactive ketones (excluding diaryl/α,β-unsaturated/α-hetero) is 1. The number of morpholine rings is 1. The predicted molar refractivity (Wildman–Crippen MR) is 60.3 cm³/mol. The second kappa shape index (κ2) is 4.60. The number of ketones is 1. The Morgan fingerprint density at radius 3 is 2.88 bits per heavy atom. The van der Waals surface area contributed by atoms with E-state index in [1.807, 2.05) is 7.05 Å². The third-order valence-corrected chi connectivity index (χ3v) is 3.12. The van der Waals surface area contributed by atoms with Gasteiger partial charge in [-0.1, -0.05) is 5.21 Å². The van der Waals surface area contributed by atoms with E-state index in [0.717, 1.165) is 6.54 Å². The molecule has 0 N–H and O–H groups in total. The van der Waals surface area contributed by atoms with Crippen LogP contribution in [0.3, 0.4) is 0 Å². The van der Waals surface area contributed by atoms with Gasteiger partial charge in [-0.05, 0) is 23.0 Å². The van der Waals surface area contributed by atoms with Gasteiger partial charge in [0.2, 0.25) is 5.78 Å². The van der Waals surface area contributed by atoms with Crippen molar-refractivity contribution in [3.63, 3.8) is 0 Å². The number of aryl methyl sites for hydroxylation is 1. The van der Waals surface area contributed by atoms with Crippen molar-refractivity contribution >= 4 is 21.7 Å². The van der Waals surface area contributed by atoms with Crippen LogP contribution in [0.5, 0.6) is 0 Å². The smallest absolute Gasteiger partial charge is 0.213 e. The molecule has 1 atom stereocenters. The Labute approximate surface area is 102 Å². The predicted octanol–water partition coefficient (Wildman–Crippen LogP) is 0.0909. The first-order chi connectivity index (χ1) is 7.59. The highest BCUT2D eigenvalue weighted by atomic mass is 79.9. The molecule has 1 aliphatic rings. The average molecular weight is 289 g/mol. The van der Waals surface area contributed by atoms with Crippen molar-refractivity contribution in [2.24, 2.45) is 7.05 Å². The number of carbonyl (C=O) groups is 1. The molecule has 1 aromatic heterocycles. The summed E-state index contributed by atoms with van der Waals surface area (Å²) in [4.78, 5) is 14.2. The first kappa shape index (κ1) is 11.7. The summed E-state index contributed by atoms with van der Waals surface area (Å²) in [5, 5.41) is 7.57. The molecule has 0 spiro atoms. The number of hydrogen-bond acceptors (Lipinski definition) is 5. The summed E-state index contributed by atoms with van der Waals surface area (Å²) in [5.41, 5.74) is 0.459. The lowest BCUT2D eigenvalue weighted by atomic mass is 10.1. The minimum absolute atomic E-state index is 0.0778. The molecule has 1 saturated heterocycles. The Morgan fingerprint density at radius 1 is 1.56 bits per heavy atom. The minimum Gasteiger partial charge on any atom is -0.367 e. The fourth-order valence-electron chi connectivity index (χ4n) is 1.68. The third kappa shape index (κ3) is 2.16. The molecule has 1 fully saturated rings. The number of aromatic nitrogens is 3. The minimum atomic E-state index is -0.424.